The molecular formula is C30H35N5O3. The maximum Gasteiger partial charge on any atom is 0.254 e. The first kappa shape index (κ1) is 25.6. The molecule has 1 atom stereocenters. The molecule has 38 heavy (non-hydrogen) atoms. The van der Waals surface area contributed by atoms with E-state index in [0.29, 0.717) is 49.8 Å². The lowest BCUT2D eigenvalue weighted by molar-refractivity contribution is 0.0681. The van der Waals surface area contributed by atoms with Gasteiger partial charge in [-0.25, -0.2) is 5.01 Å². The SMILES string of the molecule is CC(C)C(C1=NN(c2ccccc2)CN1Cc1ccccc1)N(CCCN)C(=O)c1ccc2c(c1)OCO2. The summed E-state index contributed by atoms with van der Waals surface area (Å²) in [5, 5.41) is 7.14. The van der Waals surface area contributed by atoms with Gasteiger partial charge in [-0.05, 0) is 54.8 Å². The number of ether oxygens (including phenoxy) is 2. The summed E-state index contributed by atoms with van der Waals surface area (Å²) in [7, 11) is 0. The number of carbonyl (C=O) groups is 1. The van der Waals surface area contributed by atoms with Crippen LogP contribution in [0, 0.1) is 5.92 Å². The van der Waals surface area contributed by atoms with Crippen molar-refractivity contribution in [3.05, 3.63) is 90.0 Å². The summed E-state index contributed by atoms with van der Waals surface area (Å²) < 4.78 is 11.0. The van der Waals surface area contributed by atoms with Gasteiger partial charge >= 0.3 is 0 Å². The largest absolute Gasteiger partial charge is 0.454 e. The van der Waals surface area contributed by atoms with Crippen LogP contribution in [-0.2, 0) is 6.54 Å². The van der Waals surface area contributed by atoms with E-state index in [1.807, 2.05) is 46.3 Å². The summed E-state index contributed by atoms with van der Waals surface area (Å²) in [6, 6.07) is 25.6. The molecule has 2 aliphatic heterocycles. The predicted octanol–water partition coefficient (Wildman–Crippen LogP) is 4.52. The molecule has 2 heterocycles. The normalized spacial score (nSPS) is 15.1. The van der Waals surface area contributed by atoms with Crippen LogP contribution in [0.15, 0.2) is 84.0 Å². The van der Waals surface area contributed by atoms with E-state index in [2.05, 4.69) is 43.0 Å². The highest BCUT2D eigenvalue weighted by Gasteiger charge is 2.38. The molecular weight excluding hydrogens is 478 g/mol. The smallest absolute Gasteiger partial charge is 0.254 e. The molecule has 0 bridgehead atoms. The molecule has 0 spiro atoms. The van der Waals surface area contributed by atoms with Crippen LogP contribution in [0.2, 0.25) is 0 Å². The summed E-state index contributed by atoms with van der Waals surface area (Å²) in [4.78, 5) is 18.3. The molecule has 1 unspecified atom stereocenters. The van der Waals surface area contributed by atoms with Crippen molar-refractivity contribution in [1.82, 2.24) is 9.80 Å². The summed E-state index contributed by atoms with van der Waals surface area (Å²) in [6.07, 6.45) is 0.688. The molecule has 0 aromatic heterocycles. The number of carbonyl (C=O) groups excluding carboxylic acids is 1. The summed E-state index contributed by atoms with van der Waals surface area (Å²) in [6.45, 7) is 6.75. The van der Waals surface area contributed by atoms with Crippen molar-refractivity contribution in [2.24, 2.45) is 16.8 Å². The lowest BCUT2D eigenvalue weighted by Crippen LogP contribution is -2.52. The number of fused-ring (bicyclic) bond motifs is 1. The zero-order valence-corrected chi connectivity index (χ0v) is 22.0. The number of para-hydroxylation sites is 1. The lowest BCUT2D eigenvalue weighted by Gasteiger charge is -2.37. The van der Waals surface area contributed by atoms with Crippen LogP contribution in [0.3, 0.4) is 0 Å². The Labute approximate surface area is 224 Å². The van der Waals surface area contributed by atoms with E-state index >= 15 is 0 Å². The van der Waals surface area contributed by atoms with Gasteiger partial charge in [0.2, 0.25) is 6.79 Å². The Hall–Kier alpha value is -4.04. The van der Waals surface area contributed by atoms with E-state index in [0.717, 1.165) is 11.5 Å². The van der Waals surface area contributed by atoms with Gasteiger partial charge < -0.3 is 25.0 Å². The Morgan fingerprint density at radius 1 is 1.00 bits per heavy atom. The summed E-state index contributed by atoms with van der Waals surface area (Å²) in [5.41, 5.74) is 8.68. The van der Waals surface area contributed by atoms with Gasteiger partial charge in [-0.1, -0.05) is 62.4 Å². The summed E-state index contributed by atoms with van der Waals surface area (Å²) >= 11 is 0. The van der Waals surface area contributed by atoms with E-state index in [1.165, 1.54) is 5.56 Å². The Morgan fingerprint density at radius 3 is 2.42 bits per heavy atom. The molecule has 2 N–H and O–H groups in total. The number of benzene rings is 3. The van der Waals surface area contributed by atoms with Crippen molar-refractivity contribution < 1.29 is 14.3 Å². The molecule has 0 radical (unpaired) electrons. The van der Waals surface area contributed by atoms with Gasteiger partial charge in [0.15, 0.2) is 11.5 Å². The van der Waals surface area contributed by atoms with Crippen molar-refractivity contribution in [3.8, 4) is 11.5 Å². The van der Waals surface area contributed by atoms with Crippen molar-refractivity contribution in [2.45, 2.75) is 32.9 Å². The molecule has 1 amide bonds. The standard InChI is InChI=1S/C30H35N5O3/c1-22(2)28(34(17-9-16-31)30(36)24-14-15-26-27(18-24)38-21-37-26)29-32-35(25-12-7-4-8-13-25)20-33(29)19-23-10-5-3-6-11-23/h3-8,10-15,18,22,28H,9,16-17,19-21,31H2,1-2H3. The average molecular weight is 514 g/mol. The van der Waals surface area contributed by atoms with E-state index in [9.17, 15) is 4.79 Å². The van der Waals surface area contributed by atoms with Crippen molar-refractivity contribution >= 4 is 17.4 Å². The van der Waals surface area contributed by atoms with Crippen LogP contribution in [0.25, 0.3) is 0 Å². The molecule has 0 saturated heterocycles. The van der Waals surface area contributed by atoms with Crippen LogP contribution in [0.1, 0.15) is 36.2 Å². The second-order valence-corrected chi connectivity index (χ2v) is 9.92. The fraction of sp³-hybridized carbons (Fsp3) is 0.333. The maximum atomic E-state index is 14.1. The van der Waals surface area contributed by atoms with Gasteiger partial charge in [-0.2, -0.15) is 5.10 Å². The Bertz CT molecular complexity index is 1270. The molecule has 8 heteroatoms. The highest BCUT2D eigenvalue weighted by Crippen LogP contribution is 2.34. The average Bonchev–Trinajstić information content (AvgIpc) is 3.58. The van der Waals surface area contributed by atoms with Crippen LogP contribution in [0.4, 0.5) is 5.69 Å². The molecule has 5 rings (SSSR count). The second kappa shape index (κ2) is 11.6. The number of rotatable bonds is 10. The first-order chi connectivity index (χ1) is 18.5. The number of hydrogen-bond donors (Lipinski definition) is 1. The maximum absolute atomic E-state index is 14.1. The number of amides is 1. The van der Waals surface area contributed by atoms with Crippen LogP contribution in [-0.4, -0.2) is 54.1 Å². The van der Waals surface area contributed by atoms with E-state index in [1.54, 1.807) is 18.2 Å². The highest BCUT2D eigenvalue weighted by atomic mass is 16.7. The Balaban J connectivity index is 1.52. The predicted molar refractivity (Wildman–Crippen MR) is 149 cm³/mol. The van der Waals surface area contributed by atoms with Gasteiger partial charge in [0.1, 0.15) is 12.5 Å². The zero-order valence-electron chi connectivity index (χ0n) is 22.0. The molecule has 3 aromatic carbocycles. The quantitative estimate of drug-likeness (QED) is 0.429. The zero-order chi connectivity index (χ0) is 26.5. The minimum Gasteiger partial charge on any atom is -0.454 e. The first-order valence-electron chi connectivity index (χ1n) is 13.2. The van der Waals surface area contributed by atoms with Crippen molar-refractivity contribution in [2.75, 3.05) is 31.6 Å². The Morgan fingerprint density at radius 2 is 1.71 bits per heavy atom. The van der Waals surface area contributed by atoms with Crippen molar-refractivity contribution in [3.63, 3.8) is 0 Å². The number of hydrazone groups is 1. The number of hydrogen-bond acceptors (Lipinski definition) is 7. The van der Waals surface area contributed by atoms with Crippen molar-refractivity contribution in [1.29, 1.82) is 0 Å². The number of amidine groups is 1. The van der Waals surface area contributed by atoms with Crippen LogP contribution >= 0.6 is 0 Å². The van der Waals surface area contributed by atoms with E-state index in [4.69, 9.17) is 20.3 Å². The molecule has 198 valence electrons. The molecule has 3 aromatic rings. The Kier molecular flexibility index (Phi) is 7.79. The summed E-state index contributed by atoms with van der Waals surface area (Å²) in [5.74, 6) is 2.16. The third-order valence-electron chi connectivity index (χ3n) is 6.84. The molecule has 2 aliphatic rings. The molecule has 8 nitrogen and oxygen atoms in total. The molecule has 0 fully saturated rings. The fourth-order valence-electron chi connectivity index (χ4n) is 4.99. The fourth-order valence-corrected chi connectivity index (χ4v) is 4.99. The lowest BCUT2D eigenvalue weighted by atomic mass is 9.98. The third kappa shape index (κ3) is 5.45. The number of nitrogens with zero attached hydrogens (tertiary/aromatic N) is 4. The van der Waals surface area contributed by atoms with Crippen LogP contribution in [0.5, 0.6) is 11.5 Å². The monoisotopic (exact) mass is 513 g/mol. The van der Waals surface area contributed by atoms with Gasteiger partial charge in [0.05, 0.1) is 11.7 Å². The van der Waals surface area contributed by atoms with Gasteiger partial charge in [-0.15, -0.1) is 0 Å². The first-order valence-corrected chi connectivity index (χ1v) is 13.2. The third-order valence-corrected chi connectivity index (χ3v) is 6.84. The minimum absolute atomic E-state index is 0.0732. The van der Waals surface area contributed by atoms with Gasteiger partial charge in [0, 0.05) is 18.7 Å². The van der Waals surface area contributed by atoms with E-state index < -0.39 is 0 Å². The minimum atomic E-state index is -0.253. The number of anilines is 1. The van der Waals surface area contributed by atoms with Crippen LogP contribution < -0.4 is 20.2 Å². The number of nitrogens with two attached hydrogens (primary N) is 1. The van der Waals surface area contributed by atoms with Gasteiger partial charge in [0.25, 0.3) is 5.91 Å². The second-order valence-electron chi connectivity index (χ2n) is 9.92. The topological polar surface area (TPSA) is 83.6 Å². The molecule has 0 saturated carbocycles. The molecule has 0 aliphatic carbocycles. The highest BCUT2D eigenvalue weighted by molar-refractivity contribution is 6.00. The van der Waals surface area contributed by atoms with E-state index in [-0.39, 0.29) is 24.7 Å². The van der Waals surface area contributed by atoms with Gasteiger partial charge in [-0.3, -0.25) is 4.79 Å².